The number of para-hydroxylation sites is 3. The van der Waals surface area contributed by atoms with Gasteiger partial charge in [-0.05, 0) is 30.2 Å². The van der Waals surface area contributed by atoms with E-state index in [4.69, 9.17) is 15.2 Å². The lowest BCUT2D eigenvalue weighted by atomic mass is 9.98. The maximum Gasteiger partial charge on any atom is 0.234 e. The van der Waals surface area contributed by atoms with Crippen LogP contribution in [0.15, 0.2) is 48.5 Å². The molecule has 6 heteroatoms. The highest BCUT2D eigenvalue weighted by Crippen LogP contribution is 2.30. The number of nitrogens with two attached hydrogens (primary N) is 1. The molecular weight excluding hydrogens is 318 g/mol. The fourth-order valence-corrected chi connectivity index (χ4v) is 3.19. The Morgan fingerprint density at radius 2 is 1.72 bits per heavy atom. The highest BCUT2D eigenvalue weighted by atomic mass is 16.7. The summed E-state index contributed by atoms with van der Waals surface area (Å²) in [7, 11) is 0. The number of carbonyl (C=O) groups is 1. The largest absolute Gasteiger partial charge is 0.454 e. The van der Waals surface area contributed by atoms with Crippen LogP contribution >= 0.6 is 0 Å². The minimum atomic E-state index is -0.282. The normalized spacial score (nSPS) is 17.5. The summed E-state index contributed by atoms with van der Waals surface area (Å²) in [6.45, 7) is 1.04. The molecule has 2 aliphatic rings. The van der Waals surface area contributed by atoms with Crippen LogP contribution in [0.5, 0.6) is 11.5 Å². The van der Waals surface area contributed by atoms with Crippen molar-refractivity contribution in [2.75, 3.05) is 6.79 Å². The van der Waals surface area contributed by atoms with Crippen molar-refractivity contribution in [3.05, 3.63) is 59.8 Å². The first kappa shape index (κ1) is 15.5. The summed E-state index contributed by atoms with van der Waals surface area (Å²) in [6, 6.07) is 15.5. The van der Waals surface area contributed by atoms with Crippen molar-refractivity contribution >= 4 is 16.8 Å². The smallest absolute Gasteiger partial charge is 0.234 e. The molecule has 1 amide bonds. The zero-order chi connectivity index (χ0) is 17.2. The van der Waals surface area contributed by atoms with E-state index in [-0.39, 0.29) is 11.9 Å². The molecule has 2 aliphatic heterocycles. The number of rotatable bonds is 1. The molecule has 0 unspecified atom stereocenters. The lowest BCUT2D eigenvalue weighted by Gasteiger charge is -2.21. The zero-order valence-corrected chi connectivity index (χ0v) is 13.6. The Hall–Kier alpha value is -2.99. The Morgan fingerprint density at radius 1 is 1.04 bits per heavy atom. The second kappa shape index (κ2) is 6.49. The van der Waals surface area contributed by atoms with Crippen molar-refractivity contribution in [1.82, 2.24) is 10.3 Å². The molecule has 3 aromatic rings. The number of aromatic amines is 1. The Balaban J connectivity index is 0.000000147. The molecule has 1 atom stereocenters. The molecule has 0 radical (unpaired) electrons. The molecule has 0 saturated carbocycles. The number of hydrogen-bond acceptors (Lipinski definition) is 4. The second-order valence-electron chi connectivity index (χ2n) is 6.02. The van der Waals surface area contributed by atoms with E-state index in [1.165, 1.54) is 16.6 Å². The predicted octanol–water partition coefficient (Wildman–Crippen LogP) is 2.08. The molecule has 128 valence electrons. The monoisotopic (exact) mass is 337 g/mol. The van der Waals surface area contributed by atoms with Crippen molar-refractivity contribution in [2.45, 2.75) is 19.0 Å². The Kier molecular flexibility index (Phi) is 4.03. The quantitative estimate of drug-likeness (QED) is 0.634. The van der Waals surface area contributed by atoms with Crippen LogP contribution in [0, 0.1) is 0 Å². The Bertz CT molecular complexity index is 896. The van der Waals surface area contributed by atoms with Gasteiger partial charge in [-0.15, -0.1) is 0 Å². The number of fused-ring (bicyclic) bond motifs is 4. The van der Waals surface area contributed by atoms with Crippen LogP contribution < -0.4 is 20.5 Å². The summed E-state index contributed by atoms with van der Waals surface area (Å²) in [5, 5.41) is 4.33. The third kappa shape index (κ3) is 3.04. The number of aromatic nitrogens is 1. The molecule has 1 aromatic heterocycles. The summed E-state index contributed by atoms with van der Waals surface area (Å²) >= 11 is 0. The maximum absolute atomic E-state index is 11.2. The SMILES string of the molecule is NC(=O)[C@@H]1Cc2c([nH]c3ccccc23)CN1.c1ccc2c(c1)OCO2. The Labute approximate surface area is 144 Å². The summed E-state index contributed by atoms with van der Waals surface area (Å²) < 4.78 is 10.2. The summed E-state index contributed by atoms with van der Waals surface area (Å²) in [5.74, 6) is 1.41. The van der Waals surface area contributed by atoms with E-state index in [1.54, 1.807) is 0 Å². The van der Waals surface area contributed by atoms with Gasteiger partial charge in [0, 0.05) is 23.1 Å². The lowest BCUT2D eigenvalue weighted by molar-refractivity contribution is -0.120. The third-order valence-electron chi connectivity index (χ3n) is 4.46. The lowest BCUT2D eigenvalue weighted by Crippen LogP contribution is -2.45. The van der Waals surface area contributed by atoms with Crippen molar-refractivity contribution < 1.29 is 14.3 Å². The van der Waals surface area contributed by atoms with Gasteiger partial charge < -0.3 is 20.2 Å². The molecule has 4 N–H and O–H groups in total. The van der Waals surface area contributed by atoms with E-state index in [9.17, 15) is 4.79 Å². The van der Waals surface area contributed by atoms with E-state index in [0.29, 0.717) is 19.8 Å². The molecule has 25 heavy (non-hydrogen) atoms. The average Bonchev–Trinajstić information content (AvgIpc) is 3.26. The topological polar surface area (TPSA) is 89.4 Å². The first-order chi connectivity index (χ1) is 12.2. The average molecular weight is 337 g/mol. The summed E-state index contributed by atoms with van der Waals surface area (Å²) in [5.41, 5.74) is 8.84. The first-order valence-corrected chi connectivity index (χ1v) is 8.18. The van der Waals surface area contributed by atoms with Crippen LogP contribution in [0.3, 0.4) is 0 Å². The molecule has 2 aromatic carbocycles. The number of amides is 1. The number of nitrogens with one attached hydrogen (secondary N) is 2. The van der Waals surface area contributed by atoms with Gasteiger partial charge in [-0.1, -0.05) is 30.3 Å². The van der Waals surface area contributed by atoms with E-state index >= 15 is 0 Å². The third-order valence-corrected chi connectivity index (χ3v) is 4.46. The molecule has 6 nitrogen and oxygen atoms in total. The Morgan fingerprint density at radius 3 is 2.44 bits per heavy atom. The van der Waals surface area contributed by atoms with E-state index < -0.39 is 0 Å². The molecule has 3 heterocycles. The van der Waals surface area contributed by atoms with Crippen LogP contribution in [0.4, 0.5) is 0 Å². The fraction of sp³-hybridized carbons (Fsp3) is 0.211. The summed E-state index contributed by atoms with van der Waals surface area (Å²) in [6.07, 6.45) is 0.675. The number of H-pyrrole nitrogens is 1. The predicted molar refractivity (Wildman–Crippen MR) is 94.4 cm³/mol. The summed E-state index contributed by atoms with van der Waals surface area (Å²) in [4.78, 5) is 14.5. The highest BCUT2D eigenvalue weighted by Gasteiger charge is 2.24. The first-order valence-electron chi connectivity index (χ1n) is 8.18. The number of carbonyl (C=O) groups excluding carboxylic acids is 1. The molecule has 0 spiro atoms. The van der Waals surface area contributed by atoms with Crippen LogP contribution in [-0.4, -0.2) is 23.7 Å². The molecule has 0 fully saturated rings. The molecule has 0 aliphatic carbocycles. The van der Waals surface area contributed by atoms with E-state index in [2.05, 4.69) is 16.4 Å². The number of ether oxygens (including phenoxy) is 2. The molecule has 0 bridgehead atoms. The van der Waals surface area contributed by atoms with Gasteiger partial charge in [0.15, 0.2) is 11.5 Å². The van der Waals surface area contributed by atoms with Crippen LogP contribution in [0.2, 0.25) is 0 Å². The fourth-order valence-electron chi connectivity index (χ4n) is 3.19. The van der Waals surface area contributed by atoms with Gasteiger partial charge in [0.25, 0.3) is 0 Å². The van der Waals surface area contributed by atoms with Crippen molar-refractivity contribution in [2.24, 2.45) is 5.73 Å². The van der Waals surface area contributed by atoms with Crippen molar-refractivity contribution in [3.63, 3.8) is 0 Å². The van der Waals surface area contributed by atoms with E-state index in [0.717, 1.165) is 17.0 Å². The van der Waals surface area contributed by atoms with Gasteiger partial charge >= 0.3 is 0 Å². The zero-order valence-electron chi connectivity index (χ0n) is 13.6. The van der Waals surface area contributed by atoms with Gasteiger partial charge in [-0.3, -0.25) is 10.1 Å². The van der Waals surface area contributed by atoms with Crippen LogP contribution in [-0.2, 0) is 17.8 Å². The standard InChI is InChI=1S/C12H13N3O.C7H6O2/c13-12(16)10-5-8-7-3-1-2-4-9(7)15-11(8)6-14-10;1-2-4-7-6(3-1)8-5-9-7/h1-4,10,14-15H,5-6H2,(H2,13,16);1-4H,5H2/t10-;/m0./s1. The van der Waals surface area contributed by atoms with E-state index in [1.807, 2.05) is 42.5 Å². The van der Waals surface area contributed by atoms with Crippen molar-refractivity contribution in [3.8, 4) is 11.5 Å². The van der Waals surface area contributed by atoms with Gasteiger partial charge in [0.05, 0.1) is 6.04 Å². The van der Waals surface area contributed by atoms with Gasteiger partial charge in [0.1, 0.15) is 0 Å². The van der Waals surface area contributed by atoms with Crippen LogP contribution in [0.25, 0.3) is 10.9 Å². The minimum absolute atomic E-state index is 0.244. The second-order valence-corrected chi connectivity index (χ2v) is 6.02. The van der Waals surface area contributed by atoms with Crippen LogP contribution in [0.1, 0.15) is 11.3 Å². The highest BCUT2D eigenvalue weighted by molar-refractivity contribution is 5.87. The molecular formula is C19H19N3O3. The molecule has 0 saturated heterocycles. The van der Waals surface area contributed by atoms with Gasteiger partial charge in [0.2, 0.25) is 12.7 Å². The van der Waals surface area contributed by atoms with Crippen molar-refractivity contribution in [1.29, 1.82) is 0 Å². The number of benzene rings is 2. The van der Waals surface area contributed by atoms with Gasteiger partial charge in [-0.2, -0.15) is 0 Å². The van der Waals surface area contributed by atoms with Gasteiger partial charge in [-0.25, -0.2) is 0 Å². The number of hydrogen-bond donors (Lipinski definition) is 3. The maximum atomic E-state index is 11.2. The number of primary amides is 1. The minimum Gasteiger partial charge on any atom is -0.454 e. The molecule has 5 rings (SSSR count).